The fourth-order valence-corrected chi connectivity index (χ4v) is 4.14. The van der Waals surface area contributed by atoms with Gasteiger partial charge in [0.25, 0.3) is 0 Å². The van der Waals surface area contributed by atoms with Gasteiger partial charge >= 0.3 is 0 Å². The van der Waals surface area contributed by atoms with Gasteiger partial charge in [-0.15, -0.1) is 0 Å². The predicted molar refractivity (Wildman–Crippen MR) is 99.4 cm³/mol. The van der Waals surface area contributed by atoms with Crippen LogP contribution in [0.4, 0.5) is 5.69 Å². The van der Waals surface area contributed by atoms with Crippen LogP contribution in [0.3, 0.4) is 0 Å². The van der Waals surface area contributed by atoms with E-state index in [4.69, 9.17) is 4.74 Å². The summed E-state index contributed by atoms with van der Waals surface area (Å²) >= 11 is 0. The number of carbonyl (C=O) groups is 1. The first-order valence-corrected chi connectivity index (χ1v) is 10.7. The van der Waals surface area contributed by atoms with Gasteiger partial charge in [-0.3, -0.25) is 9.10 Å². The molecule has 7 heteroatoms. The SMILES string of the molecule is COc1cccc(N(CCCC(=O)NC2CCCCC2)S(C)(=O)=O)c1. The third-order valence-electron chi connectivity index (χ3n) is 4.48. The van der Waals surface area contributed by atoms with E-state index in [1.54, 1.807) is 31.4 Å². The van der Waals surface area contributed by atoms with Crippen molar-refractivity contribution >= 4 is 21.6 Å². The Morgan fingerprint density at radius 3 is 2.64 bits per heavy atom. The molecule has 25 heavy (non-hydrogen) atoms. The molecule has 0 unspecified atom stereocenters. The van der Waals surface area contributed by atoms with Crippen LogP contribution in [0.25, 0.3) is 0 Å². The number of benzene rings is 1. The molecule has 2 rings (SSSR count). The second-order valence-corrected chi connectivity index (χ2v) is 8.45. The molecule has 1 fully saturated rings. The summed E-state index contributed by atoms with van der Waals surface area (Å²) in [6, 6.07) is 7.21. The van der Waals surface area contributed by atoms with Crippen molar-refractivity contribution < 1.29 is 17.9 Å². The summed E-state index contributed by atoms with van der Waals surface area (Å²) in [4.78, 5) is 12.1. The first kappa shape index (κ1) is 19.6. The Labute approximate surface area is 150 Å². The van der Waals surface area contributed by atoms with Gasteiger partial charge < -0.3 is 10.1 Å². The van der Waals surface area contributed by atoms with Crippen LogP contribution >= 0.6 is 0 Å². The van der Waals surface area contributed by atoms with E-state index < -0.39 is 10.0 Å². The highest BCUT2D eigenvalue weighted by atomic mass is 32.2. The number of sulfonamides is 1. The van der Waals surface area contributed by atoms with Crippen molar-refractivity contribution in [3.63, 3.8) is 0 Å². The van der Waals surface area contributed by atoms with Crippen LogP contribution in [-0.2, 0) is 14.8 Å². The fourth-order valence-electron chi connectivity index (χ4n) is 3.18. The molecule has 1 saturated carbocycles. The lowest BCUT2D eigenvalue weighted by atomic mass is 9.95. The Hall–Kier alpha value is -1.76. The highest BCUT2D eigenvalue weighted by Crippen LogP contribution is 2.23. The molecule has 1 aliphatic carbocycles. The van der Waals surface area contributed by atoms with Crippen LogP contribution in [0.2, 0.25) is 0 Å². The molecule has 1 aliphatic rings. The smallest absolute Gasteiger partial charge is 0.232 e. The lowest BCUT2D eigenvalue weighted by Crippen LogP contribution is -2.37. The third-order valence-corrected chi connectivity index (χ3v) is 5.67. The maximum absolute atomic E-state index is 12.1. The van der Waals surface area contributed by atoms with Gasteiger partial charge in [0.15, 0.2) is 0 Å². The van der Waals surface area contributed by atoms with E-state index in [9.17, 15) is 13.2 Å². The second kappa shape index (κ2) is 9.08. The Morgan fingerprint density at radius 1 is 1.28 bits per heavy atom. The van der Waals surface area contributed by atoms with Crippen molar-refractivity contribution in [3.05, 3.63) is 24.3 Å². The second-order valence-electron chi connectivity index (χ2n) is 6.54. The number of rotatable bonds is 8. The van der Waals surface area contributed by atoms with Gasteiger partial charge in [-0.1, -0.05) is 25.3 Å². The van der Waals surface area contributed by atoms with Gasteiger partial charge in [0.05, 0.1) is 19.1 Å². The lowest BCUT2D eigenvalue weighted by molar-refractivity contribution is -0.122. The largest absolute Gasteiger partial charge is 0.497 e. The van der Waals surface area contributed by atoms with Crippen LogP contribution in [-0.4, -0.2) is 40.3 Å². The molecule has 1 amide bonds. The van der Waals surface area contributed by atoms with Crippen molar-refractivity contribution in [1.82, 2.24) is 5.32 Å². The van der Waals surface area contributed by atoms with Crippen LogP contribution < -0.4 is 14.4 Å². The van der Waals surface area contributed by atoms with Crippen LogP contribution in [0.15, 0.2) is 24.3 Å². The van der Waals surface area contributed by atoms with E-state index in [0.717, 1.165) is 12.8 Å². The number of carbonyl (C=O) groups excluding carboxylic acids is 1. The van der Waals surface area contributed by atoms with Crippen LogP contribution in [0.5, 0.6) is 5.75 Å². The molecule has 0 bridgehead atoms. The zero-order chi connectivity index (χ0) is 18.3. The number of methoxy groups -OCH3 is 1. The Morgan fingerprint density at radius 2 is 2.00 bits per heavy atom. The average molecular weight is 368 g/mol. The minimum Gasteiger partial charge on any atom is -0.497 e. The molecule has 0 radical (unpaired) electrons. The van der Waals surface area contributed by atoms with Gasteiger partial charge in [0.1, 0.15) is 5.75 Å². The van der Waals surface area contributed by atoms with Gasteiger partial charge in [0, 0.05) is 25.1 Å². The highest BCUT2D eigenvalue weighted by molar-refractivity contribution is 7.92. The number of hydrogen-bond donors (Lipinski definition) is 1. The molecular weight excluding hydrogens is 340 g/mol. The summed E-state index contributed by atoms with van der Waals surface area (Å²) in [5, 5.41) is 3.06. The summed E-state index contributed by atoms with van der Waals surface area (Å²) in [6.07, 6.45) is 7.65. The maximum atomic E-state index is 12.1. The van der Waals surface area contributed by atoms with Crippen molar-refractivity contribution in [2.45, 2.75) is 51.0 Å². The summed E-state index contributed by atoms with van der Waals surface area (Å²) < 4.78 is 30.7. The molecule has 1 N–H and O–H groups in total. The zero-order valence-corrected chi connectivity index (χ0v) is 15.8. The lowest BCUT2D eigenvalue weighted by Gasteiger charge is -2.24. The van der Waals surface area contributed by atoms with Crippen LogP contribution in [0, 0.1) is 0 Å². The number of nitrogens with one attached hydrogen (secondary N) is 1. The minimum absolute atomic E-state index is 0.00555. The maximum Gasteiger partial charge on any atom is 0.232 e. The topological polar surface area (TPSA) is 75.7 Å². The Kier molecular flexibility index (Phi) is 7.11. The molecule has 0 saturated heterocycles. The van der Waals surface area contributed by atoms with E-state index in [0.29, 0.717) is 24.3 Å². The molecule has 0 aromatic heterocycles. The van der Waals surface area contributed by atoms with Crippen molar-refractivity contribution in [2.75, 3.05) is 24.2 Å². The van der Waals surface area contributed by atoms with E-state index in [-0.39, 0.29) is 18.5 Å². The zero-order valence-electron chi connectivity index (χ0n) is 15.0. The van der Waals surface area contributed by atoms with Crippen molar-refractivity contribution in [3.8, 4) is 5.75 Å². The van der Waals surface area contributed by atoms with E-state index in [1.165, 1.54) is 29.8 Å². The fraction of sp³-hybridized carbons (Fsp3) is 0.611. The summed E-state index contributed by atoms with van der Waals surface area (Å²) in [7, 11) is -1.88. The van der Waals surface area contributed by atoms with E-state index >= 15 is 0 Å². The van der Waals surface area contributed by atoms with E-state index in [2.05, 4.69) is 5.32 Å². The van der Waals surface area contributed by atoms with Crippen molar-refractivity contribution in [2.24, 2.45) is 0 Å². The molecule has 0 aliphatic heterocycles. The molecular formula is C18H28N2O4S. The van der Waals surface area contributed by atoms with Gasteiger partial charge in [-0.2, -0.15) is 0 Å². The summed E-state index contributed by atoms with van der Waals surface area (Å²) in [6.45, 7) is 0.268. The number of hydrogen-bond acceptors (Lipinski definition) is 4. The Bertz CT molecular complexity index is 669. The molecule has 140 valence electrons. The van der Waals surface area contributed by atoms with Crippen LogP contribution in [0.1, 0.15) is 44.9 Å². The summed E-state index contributed by atoms with van der Waals surface area (Å²) in [5.41, 5.74) is 0.550. The normalized spacial score (nSPS) is 15.6. The number of nitrogens with zero attached hydrogens (tertiary/aromatic N) is 1. The van der Waals surface area contributed by atoms with Gasteiger partial charge in [-0.25, -0.2) is 8.42 Å². The third kappa shape index (κ3) is 6.23. The molecule has 0 spiro atoms. The minimum atomic E-state index is -3.42. The first-order valence-electron chi connectivity index (χ1n) is 8.81. The standard InChI is InChI=1S/C18H28N2O4S/c1-24-17-11-6-10-16(14-17)20(25(2,22)23)13-7-12-18(21)19-15-8-4-3-5-9-15/h6,10-11,14-15H,3-5,7-9,12-13H2,1-2H3,(H,19,21). The molecule has 1 aromatic carbocycles. The molecule has 0 atom stereocenters. The Balaban J connectivity index is 1.90. The quantitative estimate of drug-likeness (QED) is 0.765. The van der Waals surface area contributed by atoms with E-state index in [1.807, 2.05) is 0 Å². The number of amides is 1. The highest BCUT2D eigenvalue weighted by Gasteiger charge is 2.19. The molecule has 1 aromatic rings. The summed E-state index contributed by atoms with van der Waals surface area (Å²) in [5.74, 6) is 0.604. The molecule has 6 nitrogen and oxygen atoms in total. The first-order chi connectivity index (χ1) is 11.9. The number of ether oxygens (including phenoxy) is 1. The number of anilines is 1. The average Bonchev–Trinajstić information content (AvgIpc) is 2.58. The van der Waals surface area contributed by atoms with Crippen molar-refractivity contribution in [1.29, 1.82) is 0 Å². The van der Waals surface area contributed by atoms with Gasteiger partial charge in [0.2, 0.25) is 15.9 Å². The predicted octanol–water partition coefficient (Wildman–Crippen LogP) is 2.69. The van der Waals surface area contributed by atoms with Gasteiger partial charge in [-0.05, 0) is 31.4 Å². The molecule has 0 heterocycles. The monoisotopic (exact) mass is 368 g/mol.